The molecule has 0 radical (unpaired) electrons. The van der Waals surface area contributed by atoms with Crippen LogP contribution in [-0.4, -0.2) is 45.5 Å². The molecule has 27 heavy (non-hydrogen) atoms. The molecule has 0 aliphatic carbocycles. The monoisotopic (exact) mass is 364 g/mol. The van der Waals surface area contributed by atoms with Crippen molar-refractivity contribution in [2.75, 3.05) is 20.2 Å². The Kier molecular flexibility index (Phi) is 4.79. The topological polar surface area (TPSA) is 60.2 Å². The van der Waals surface area contributed by atoms with Crippen molar-refractivity contribution in [3.63, 3.8) is 0 Å². The third-order valence-electron chi connectivity index (χ3n) is 5.37. The first-order valence-electron chi connectivity index (χ1n) is 9.34. The van der Waals surface area contributed by atoms with Crippen LogP contribution in [-0.2, 0) is 18.3 Å². The number of amides is 1. The molecule has 1 atom stereocenters. The van der Waals surface area contributed by atoms with Crippen molar-refractivity contribution in [1.29, 1.82) is 0 Å². The van der Waals surface area contributed by atoms with Crippen molar-refractivity contribution in [2.24, 2.45) is 7.05 Å². The Balaban J connectivity index is 1.41. The summed E-state index contributed by atoms with van der Waals surface area (Å²) in [7, 11) is 3.67. The highest BCUT2D eigenvalue weighted by atomic mass is 16.5. The molecule has 0 spiro atoms. The Morgan fingerprint density at radius 2 is 2.11 bits per heavy atom. The molecular formula is C21H24N4O2. The number of carbonyl (C=O) groups excluding carboxylic acids is 1. The van der Waals surface area contributed by atoms with E-state index in [2.05, 4.69) is 9.55 Å². The van der Waals surface area contributed by atoms with Crippen LogP contribution in [0.15, 0.2) is 42.6 Å². The van der Waals surface area contributed by atoms with Crippen LogP contribution in [0.2, 0.25) is 0 Å². The van der Waals surface area contributed by atoms with Gasteiger partial charge >= 0.3 is 0 Å². The summed E-state index contributed by atoms with van der Waals surface area (Å²) in [4.78, 5) is 23.8. The van der Waals surface area contributed by atoms with Crippen LogP contribution in [0.25, 0.3) is 11.2 Å². The highest BCUT2D eigenvalue weighted by Gasteiger charge is 2.30. The number of aryl methyl sites for hydroxylation is 2. The predicted molar refractivity (Wildman–Crippen MR) is 104 cm³/mol. The first kappa shape index (κ1) is 17.5. The lowest BCUT2D eigenvalue weighted by molar-refractivity contribution is -0.130. The van der Waals surface area contributed by atoms with Crippen molar-refractivity contribution in [2.45, 2.75) is 25.2 Å². The number of rotatable bonds is 5. The summed E-state index contributed by atoms with van der Waals surface area (Å²) < 4.78 is 7.44. The van der Waals surface area contributed by atoms with Gasteiger partial charge in [0.15, 0.2) is 5.65 Å². The molecule has 6 nitrogen and oxygen atoms in total. The number of methoxy groups -OCH3 is 1. The second kappa shape index (κ2) is 7.39. The van der Waals surface area contributed by atoms with Gasteiger partial charge in [-0.05, 0) is 36.6 Å². The molecule has 0 saturated carbocycles. The molecule has 0 N–H and O–H groups in total. The SMILES string of the molecule is COc1ccccc1CCC(=O)N1CCC(c2nc3cccnc3n2C)C1. The van der Waals surface area contributed by atoms with Crippen molar-refractivity contribution in [3.05, 3.63) is 54.0 Å². The lowest BCUT2D eigenvalue weighted by Gasteiger charge is -2.17. The summed E-state index contributed by atoms with van der Waals surface area (Å²) >= 11 is 0. The first-order chi connectivity index (χ1) is 13.2. The van der Waals surface area contributed by atoms with E-state index >= 15 is 0 Å². The number of nitrogens with zero attached hydrogens (tertiary/aromatic N) is 4. The maximum atomic E-state index is 12.7. The minimum atomic E-state index is 0.195. The summed E-state index contributed by atoms with van der Waals surface area (Å²) in [6, 6.07) is 11.8. The van der Waals surface area contributed by atoms with E-state index in [4.69, 9.17) is 9.72 Å². The van der Waals surface area contributed by atoms with Crippen LogP contribution in [0.1, 0.15) is 30.1 Å². The summed E-state index contributed by atoms with van der Waals surface area (Å²) in [6.07, 6.45) is 3.92. The van der Waals surface area contributed by atoms with Gasteiger partial charge in [-0.1, -0.05) is 18.2 Å². The van der Waals surface area contributed by atoms with E-state index in [1.807, 2.05) is 48.3 Å². The van der Waals surface area contributed by atoms with Crippen molar-refractivity contribution in [1.82, 2.24) is 19.4 Å². The van der Waals surface area contributed by atoms with E-state index in [0.29, 0.717) is 12.8 Å². The van der Waals surface area contributed by atoms with Crippen LogP contribution in [0.5, 0.6) is 5.75 Å². The van der Waals surface area contributed by atoms with E-state index in [0.717, 1.165) is 47.8 Å². The lowest BCUT2D eigenvalue weighted by atomic mass is 10.1. The molecule has 1 saturated heterocycles. The number of likely N-dealkylation sites (tertiary alicyclic amines) is 1. The summed E-state index contributed by atoms with van der Waals surface area (Å²) in [5, 5.41) is 0. The first-order valence-corrected chi connectivity index (χ1v) is 9.34. The predicted octanol–water partition coefficient (Wildman–Crippen LogP) is 2.93. The molecule has 140 valence electrons. The number of pyridine rings is 1. The van der Waals surface area contributed by atoms with Gasteiger partial charge in [0.1, 0.15) is 17.1 Å². The van der Waals surface area contributed by atoms with Gasteiger partial charge < -0.3 is 14.2 Å². The standard InChI is InChI=1S/C21H24N4O2/c1-24-20(23-17-7-5-12-22-21(17)24)16-11-13-25(14-16)19(26)10-9-15-6-3-4-8-18(15)27-2/h3-8,12,16H,9-11,13-14H2,1-2H3. The number of hydrogen-bond acceptors (Lipinski definition) is 4. The maximum Gasteiger partial charge on any atom is 0.222 e. The zero-order valence-corrected chi connectivity index (χ0v) is 15.8. The van der Waals surface area contributed by atoms with Crippen LogP contribution >= 0.6 is 0 Å². The smallest absolute Gasteiger partial charge is 0.222 e. The van der Waals surface area contributed by atoms with Gasteiger partial charge in [0.2, 0.25) is 5.91 Å². The largest absolute Gasteiger partial charge is 0.496 e. The highest BCUT2D eigenvalue weighted by Crippen LogP contribution is 2.29. The quantitative estimate of drug-likeness (QED) is 0.698. The molecule has 3 aromatic rings. The fourth-order valence-corrected chi connectivity index (χ4v) is 3.91. The Morgan fingerprint density at radius 1 is 1.26 bits per heavy atom. The molecule has 2 aromatic heterocycles. The Bertz CT molecular complexity index is 966. The average molecular weight is 364 g/mol. The van der Waals surface area contributed by atoms with Crippen LogP contribution in [0, 0.1) is 0 Å². The third-order valence-corrected chi connectivity index (χ3v) is 5.37. The summed E-state index contributed by atoms with van der Waals surface area (Å²) in [5.41, 5.74) is 2.88. The molecule has 1 aromatic carbocycles. The minimum absolute atomic E-state index is 0.195. The second-order valence-corrected chi connectivity index (χ2v) is 7.01. The number of benzene rings is 1. The Hall–Kier alpha value is -2.89. The number of para-hydroxylation sites is 1. The average Bonchev–Trinajstić information content (AvgIpc) is 3.32. The number of imidazole rings is 1. The molecule has 1 fully saturated rings. The number of aromatic nitrogens is 3. The Morgan fingerprint density at radius 3 is 2.93 bits per heavy atom. The van der Waals surface area contributed by atoms with Crippen LogP contribution in [0.3, 0.4) is 0 Å². The number of fused-ring (bicyclic) bond motifs is 1. The van der Waals surface area contributed by atoms with Gasteiger partial charge in [-0.2, -0.15) is 0 Å². The molecule has 1 unspecified atom stereocenters. The Labute approximate surface area is 158 Å². The fourth-order valence-electron chi connectivity index (χ4n) is 3.91. The zero-order valence-electron chi connectivity index (χ0n) is 15.8. The van der Waals surface area contributed by atoms with E-state index < -0.39 is 0 Å². The van der Waals surface area contributed by atoms with E-state index in [1.54, 1.807) is 13.3 Å². The van der Waals surface area contributed by atoms with E-state index in [1.165, 1.54) is 0 Å². The molecule has 0 bridgehead atoms. The molecule has 1 aliphatic heterocycles. The fraction of sp³-hybridized carbons (Fsp3) is 0.381. The van der Waals surface area contributed by atoms with Gasteiger partial charge in [-0.15, -0.1) is 0 Å². The number of carbonyl (C=O) groups is 1. The van der Waals surface area contributed by atoms with Crippen LogP contribution in [0.4, 0.5) is 0 Å². The van der Waals surface area contributed by atoms with Crippen molar-refractivity contribution >= 4 is 17.1 Å². The van der Waals surface area contributed by atoms with Crippen LogP contribution < -0.4 is 4.74 Å². The number of hydrogen-bond donors (Lipinski definition) is 0. The summed E-state index contributed by atoms with van der Waals surface area (Å²) in [5.74, 6) is 2.32. The minimum Gasteiger partial charge on any atom is -0.496 e. The molecule has 4 rings (SSSR count). The van der Waals surface area contributed by atoms with Gasteiger partial charge in [0.25, 0.3) is 0 Å². The molecule has 1 aliphatic rings. The molecule has 3 heterocycles. The van der Waals surface area contributed by atoms with Gasteiger partial charge in [0, 0.05) is 38.7 Å². The van der Waals surface area contributed by atoms with Crippen molar-refractivity contribution in [3.8, 4) is 5.75 Å². The van der Waals surface area contributed by atoms with E-state index in [-0.39, 0.29) is 11.8 Å². The second-order valence-electron chi connectivity index (χ2n) is 7.01. The normalized spacial score (nSPS) is 16.8. The van der Waals surface area contributed by atoms with Gasteiger partial charge in [0.05, 0.1) is 7.11 Å². The molecular weight excluding hydrogens is 340 g/mol. The van der Waals surface area contributed by atoms with Gasteiger partial charge in [-0.25, -0.2) is 9.97 Å². The molecule has 1 amide bonds. The zero-order chi connectivity index (χ0) is 18.8. The van der Waals surface area contributed by atoms with Crippen molar-refractivity contribution < 1.29 is 9.53 Å². The third kappa shape index (κ3) is 3.39. The maximum absolute atomic E-state index is 12.7. The lowest BCUT2D eigenvalue weighted by Crippen LogP contribution is -2.28. The summed E-state index contributed by atoms with van der Waals surface area (Å²) in [6.45, 7) is 1.51. The number of ether oxygens (including phenoxy) is 1. The molecule has 6 heteroatoms. The van der Waals surface area contributed by atoms with Gasteiger partial charge in [-0.3, -0.25) is 4.79 Å². The highest BCUT2D eigenvalue weighted by molar-refractivity contribution is 5.77. The van der Waals surface area contributed by atoms with E-state index in [9.17, 15) is 4.79 Å².